The van der Waals surface area contributed by atoms with Gasteiger partial charge in [0.25, 0.3) is 0 Å². The van der Waals surface area contributed by atoms with E-state index in [2.05, 4.69) is 58.3 Å². The van der Waals surface area contributed by atoms with Crippen molar-refractivity contribution >= 4 is 0 Å². The topological polar surface area (TPSA) is 15.7 Å². The summed E-state index contributed by atoms with van der Waals surface area (Å²) in [6.07, 6.45) is 9.87. The number of hydrogen-bond donors (Lipinski definition) is 0. The van der Waals surface area contributed by atoms with Crippen LogP contribution < -0.4 is 4.74 Å². The monoisotopic (exact) mass is 454 g/mol. The minimum atomic E-state index is 0.360. The van der Waals surface area contributed by atoms with Gasteiger partial charge in [-0.05, 0) is 103 Å². The Hall–Kier alpha value is -1.84. The summed E-state index contributed by atoms with van der Waals surface area (Å²) in [6, 6.07) is 19.9. The Kier molecular flexibility index (Phi) is 4.26. The van der Waals surface area contributed by atoms with Crippen LogP contribution in [0.15, 0.2) is 48.5 Å². The van der Waals surface area contributed by atoms with Crippen LogP contribution in [-0.4, -0.2) is 48.6 Å². The van der Waals surface area contributed by atoms with E-state index in [1.54, 1.807) is 11.1 Å². The molecule has 2 saturated heterocycles. The molecule has 0 N–H and O–H groups in total. The van der Waals surface area contributed by atoms with Gasteiger partial charge < -0.3 is 4.74 Å². The third-order valence-electron chi connectivity index (χ3n) is 11.3. The van der Waals surface area contributed by atoms with Crippen LogP contribution in [0.4, 0.5) is 0 Å². The number of likely N-dealkylation sites (tertiary alicyclic amines) is 2. The van der Waals surface area contributed by atoms with E-state index in [1.807, 2.05) is 7.11 Å². The van der Waals surface area contributed by atoms with Crippen molar-refractivity contribution in [2.75, 3.05) is 26.7 Å². The van der Waals surface area contributed by atoms with Gasteiger partial charge in [0.05, 0.1) is 7.11 Å². The molecule has 6 atom stereocenters. The minimum Gasteiger partial charge on any atom is -0.497 e. The van der Waals surface area contributed by atoms with E-state index in [1.165, 1.54) is 70.1 Å². The largest absolute Gasteiger partial charge is 0.497 e. The van der Waals surface area contributed by atoms with Gasteiger partial charge in [0.2, 0.25) is 0 Å². The molecular weight excluding hydrogens is 416 g/mol. The summed E-state index contributed by atoms with van der Waals surface area (Å²) in [5, 5.41) is 0. The van der Waals surface area contributed by atoms with Gasteiger partial charge in [-0.15, -0.1) is 0 Å². The van der Waals surface area contributed by atoms with Crippen LogP contribution in [0.2, 0.25) is 0 Å². The zero-order valence-electron chi connectivity index (χ0n) is 20.6. The molecule has 4 bridgehead atoms. The van der Waals surface area contributed by atoms with Crippen molar-refractivity contribution in [1.29, 1.82) is 0 Å². The second kappa shape index (κ2) is 7.11. The molecule has 2 aromatic carbocycles. The van der Waals surface area contributed by atoms with E-state index in [0.717, 1.165) is 42.1 Å². The molecule has 2 aromatic rings. The minimum absolute atomic E-state index is 0.360. The molecule has 0 amide bonds. The summed E-state index contributed by atoms with van der Waals surface area (Å²) < 4.78 is 5.81. The first-order valence-corrected chi connectivity index (χ1v) is 13.9. The number of hydrogen-bond acceptors (Lipinski definition) is 3. The number of piperidine rings is 1. The third kappa shape index (κ3) is 2.56. The van der Waals surface area contributed by atoms with Gasteiger partial charge in [-0.1, -0.05) is 36.4 Å². The zero-order valence-corrected chi connectivity index (χ0v) is 20.6. The Bertz CT molecular complexity index is 1110. The molecule has 5 unspecified atom stereocenters. The molecule has 8 rings (SSSR count). The molecule has 5 fully saturated rings. The molecule has 3 heteroatoms. The summed E-state index contributed by atoms with van der Waals surface area (Å²) in [7, 11) is 1.85. The van der Waals surface area contributed by atoms with Crippen molar-refractivity contribution in [2.24, 2.45) is 23.2 Å². The van der Waals surface area contributed by atoms with Gasteiger partial charge in [0.1, 0.15) is 5.75 Å². The predicted molar refractivity (Wildman–Crippen MR) is 135 cm³/mol. The molecule has 2 aliphatic heterocycles. The number of fused-ring (bicyclic) bond motifs is 1. The highest BCUT2D eigenvalue weighted by atomic mass is 16.5. The molecule has 0 aromatic heterocycles. The number of rotatable bonds is 5. The molecule has 0 spiro atoms. The maximum absolute atomic E-state index is 5.81. The SMILES string of the molecule is COc1ccc2c(c1)C13CCN(CC4CC4)C(C2)C12CCC1C3[C@@H](CN1Cc1ccccc1)C2. The van der Waals surface area contributed by atoms with E-state index < -0.39 is 0 Å². The molecule has 3 saturated carbocycles. The molecule has 6 aliphatic rings. The number of ether oxygens (including phenoxy) is 1. The van der Waals surface area contributed by atoms with Crippen LogP contribution in [-0.2, 0) is 18.4 Å². The first-order valence-electron chi connectivity index (χ1n) is 13.9. The van der Waals surface area contributed by atoms with E-state index in [0.29, 0.717) is 10.8 Å². The average molecular weight is 455 g/mol. The fraction of sp³-hybridized carbons (Fsp3) is 0.613. The summed E-state index contributed by atoms with van der Waals surface area (Å²) >= 11 is 0. The van der Waals surface area contributed by atoms with Crippen LogP contribution in [0.25, 0.3) is 0 Å². The smallest absolute Gasteiger partial charge is 0.119 e. The van der Waals surface area contributed by atoms with Gasteiger partial charge in [-0.2, -0.15) is 0 Å². The van der Waals surface area contributed by atoms with Crippen LogP contribution in [0.3, 0.4) is 0 Å². The molecule has 0 radical (unpaired) electrons. The number of benzene rings is 2. The highest BCUT2D eigenvalue weighted by Crippen LogP contribution is 2.75. The number of methoxy groups -OCH3 is 1. The van der Waals surface area contributed by atoms with Crippen molar-refractivity contribution in [3.05, 3.63) is 65.2 Å². The van der Waals surface area contributed by atoms with Crippen LogP contribution in [0.1, 0.15) is 55.2 Å². The Morgan fingerprint density at radius 3 is 2.71 bits per heavy atom. The molecule has 178 valence electrons. The molecule has 3 nitrogen and oxygen atoms in total. The van der Waals surface area contributed by atoms with Crippen molar-refractivity contribution in [3.8, 4) is 5.75 Å². The normalized spacial score (nSPS) is 40.1. The lowest BCUT2D eigenvalue weighted by Crippen LogP contribution is -2.69. The quantitative estimate of drug-likeness (QED) is 0.612. The maximum atomic E-state index is 5.81. The summed E-state index contributed by atoms with van der Waals surface area (Å²) in [5.41, 5.74) is 5.68. The molecule has 34 heavy (non-hydrogen) atoms. The lowest BCUT2D eigenvalue weighted by Gasteiger charge is -2.66. The Labute approximate surface area is 204 Å². The van der Waals surface area contributed by atoms with Gasteiger partial charge in [-0.25, -0.2) is 0 Å². The Balaban J connectivity index is 1.24. The van der Waals surface area contributed by atoms with Gasteiger partial charge >= 0.3 is 0 Å². The second-order valence-corrected chi connectivity index (χ2v) is 12.6. The first-order chi connectivity index (χ1) is 16.7. The van der Waals surface area contributed by atoms with E-state index in [9.17, 15) is 0 Å². The lowest BCUT2D eigenvalue weighted by molar-refractivity contribution is -0.105. The second-order valence-electron chi connectivity index (χ2n) is 12.6. The van der Waals surface area contributed by atoms with Crippen molar-refractivity contribution in [2.45, 2.75) is 69.0 Å². The van der Waals surface area contributed by atoms with Crippen molar-refractivity contribution in [3.63, 3.8) is 0 Å². The highest BCUT2D eigenvalue weighted by Gasteiger charge is 2.75. The third-order valence-corrected chi connectivity index (χ3v) is 11.3. The van der Waals surface area contributed by atoms with E-state index >= 15 is 0 Å². The Morgan fingerprint density at radius 1 is 1.00 bits per heavy atom. The van der Waals surface area contributed by atoms with Crippen LogP contribution in [0, 0.1) is 23.2 Å². The summed E-state index contributed by atoms with van der Waals surface area (Å²) in [6.45, 7) is 5.12. The first kappa shape index (κ1) is 20.4. The van der Waals surface area contributed by atoms with Crippen LogP contribution >= 0.6 is 0 Å². The van der Waals surface area contributed by atoms with Gasteiger partial charge in [0, 0.05) is 37.1 Å². The molecule has 2 heterocycles. The fourth-order valence-electron chi connectivity index (χ4n) is 10.2. The molecular formula is C31H38N2O. The van der Waals surface area contributed by atoms with Crippen molar-refractivity contribution < 1.29 is 4.74 Å². The standard InChI is InChI=1S/C31H38N2O/c1-34-25-10-9-23-15-28-30-12-11-27-29(24(17-30)20-33(27)19-21-5-3-2-4-6-21)31(30,26(23)16-25)13-14-32(28)18-22-7-8-22/h2-6,9-10,16,22,24,27-29H,7-8,11-15,17-20H2,1H3/t24-,27?,28?,29?,30?,31?/m1/s1. The Morgan fingerprint density at radius 2 is 1.88 bits per heavy atom. The van der Waals surface area contributed by atoms with E-state index in [4.69, 9.17) is 4.74 Å². The van der Waals surface area contributed by atoms with Crippen molar-refractivity contribution in [1.82, 2.24) is 9.80 Å². The summed E-state index contributed by atoms with van der Waals surface area (Å²) in [4.78, 5) is 5.88. The zero-order chi connectivity index (χ0) is 22.5. The maximum Gasteiger partial charge on any atom is 0.119 e. The highest BCUT2D eigenvalue weighted by molar-refractivity contribution is 5.51. The molecule has 4 aliphatic carbocycles. The lowest BCUT2D eigenvalue weighted by atomic mass is 9.43. The van der Waals surface area contributed by atoms with Crippen LogP contribution in [0.5, 0.6) is 5.75 Å². The average Bonchev–Trinajstić information content (AvgIpc) is 3.57. The van der Waals surface area contributed by atoms with E-state index in [-0.39, 0.29) is 0 Å². The fourth-order valence-corrected chi connectivity index (χ4v) is 10.2. The predicted octanol–water partition coefficient (Wildman–Crippen LogP) is 5.27. The number of nitrogens with zero attached hydrogens (tertiary/aromatic N) is 2. The van der Waals surface area contributed by atoms with Gasteiger partial charge in [-0.3, -0.25) is 9.80 Å². The summed E-state index contributed by atoms with van der Waals surface area (Å²) in [5.74, 6) is 3.73. The van der Waals surface area contributed by atoms with Gasteiger partial charge in [0.15, 0.2) is 0 Å².